The van der Waals surface area contributed by atoms with E-state index in [9.17, 15) is 14.4 Å². The lowest BCUT2D eigenvalue weighted by Crippen LogP contribution is -2.36. The third kappa shape index (κ3) is 6.44. The van der Waals surface area contributed by atoms with Crippen LogP contribution in [0.15, 0.2) is 60.7 Å². The van der Waals surface area contributed by atoms with Gasteiger partial charge in [0.25, 0.3) is 11.8 Å². The van der Waals surface area contributed by atoms with Gasteiger partial charge in [-0.3, -0.25) is 19.1 Å². The first-order valence-corrected chi connectivity index (χ1v) is 12.9. The molecule has 0 spiro atoms. The molecule has 2 heterocycles. The Morgan fingerprint density at radius 1 is 1.08 bits per heavy atom. The van der Waals surface area contributed by atoms with Crippen LogP contribution >= 0.6 is 0 Å². The maximum absolute atomic E-state index is 13.3. The number of aryl methyl sites for hydroxylation is 2. The highest BCUT2D eigenvalue weighted by Crippen LogP contribution is 2.18. The molecule has 8 heteroatoms. The summed E-state index contributed by atoms with van der Waals surface area (Å²) < 4.78 is 1.65. The molecule has 194 valence electrons. The predicted octanol–water partition coefficient (Wildman–Crippen LogP) is 3.97. The van der Waals surface area contributed by atoms with Gasteiger partial charge in [0.15, 0.2) is 5.69 Å². The molecule has 37 heavy (non-hydrogen) atoms. The molecule has 0 unspecified atom stereocenters. The van der Waals surface area contributed by atoms with Gasteiger partial charge in [0.2, 0.25) is 5.91 Å². The SMILES string of the molecule is CCN(CCC(=O)N[C@H](C)c1ccccc1)C(=O)c1cc2n(n1)CCCN(Cc1cccc(C)c1)C2=O. The topological polar surface area (TPSA) is 87.5 Å². The average molecular weight is 502 g/mol. The van der Waals surface area contributed by atoms with Crippen LogP contribution in [0, 0.1) is 6.92 Å². The van der Waals surface area contributed by atoms with E-state index in [-0.39, 0.29) is 42.4 Å². The molecule has 1 atom stereocenters. The van der Waals surface area contributed by atoms with E-state index in [0.29, 0.717) is 31.9 Å². The number of hydrogen-bond donors (Lipinski definition) is 1. The van der Waals surface area contributed by atoms with E-state index in [1.165, 1.54) is 0 Å². The van der Waals surface area contributed by atoms with Crippen LogP contribution in [-0.2, 0) is 17.9 Å². The molecule has 0 bridgehead atoms. The highest BCUT2D eigenvalue weighted by atomic mass is 16.2. The number of rotatable bonds is 9. The Labute approximate surface area is 218 Å². The summed E-state index contributed by atoms with van der Waals surface area (Å²) in [5, 5.41) is 7.47. The van der Waals surface area contributed by atoms with Crippen LogP contribution in [-0.4, -0.2) is 56.9 Å². The maximum atomic E-state index is 13.3. The lowest BCUT2D eigenvalue weighted by atomic mass is 10.1. The lowest BCUT2D eigenvalue weighted by Gasteiger charge is -2.21. The lowest BCUT2D eigenvalue weighted by molar-refractivity contribution is -0.121. The number of carbonyl (C=O) groups excluding carboxylic acids is 3. The van der Waals surface area contributed by atoms with E-state index in [0.717, 1.165) is 23.1 Å². The predicted molar refractivity (Wildman–Crippen MR) is 142 cm³/mol. The van der Waals surface area contributed by atoms with Crippen molar-refractivity contribution < 1.29 is 14.4 Å². The zero-order valence-electron chi connectivity index (χ0n) is 21.8. The first-order valence-electron chi connectivity index (χ1n) is 12.9. The van der Waals surface area contributed by atoms with Gasteiger partial charge in [-0.25, -0.2) is 0 Å². The van der Waals surface area contributed by atoms with Crippen LogP contribution in [0.5, 0.6) is 0 Å². The molecule has 1 aromatic heterocycles. The number of aromatic nitrogens is 2. The molecule has 2 aromatic carbocycles. The fourth-order valence-corrected chi connectivity index (χ4v) is 4.66. The summed E-state index contributed by atoms with van der Waals surface area (Å²) in [4.78, 5) is 42.5. The highest BCUT2D eigenvalue weighted by Gasteiger charge is 2.28. The van der Waals surface area contributed by atoms with E-state index >= 15 is 0 Å². The molecule has 3 aromatic rings. The molecule has 8 nitrogen and oxygen atoms in total. The minimum absolute atomic E-state index is 0.114. The largest absolute Gasteiger partial charge is 0.350 e. The van der Waals surface area contributed by atoms with Crippen LogP contribution in [0.1, 0.15) is 70.4 Å². The van der Waals surface area contributed by atoms with Crippen molar-refractivity contribution in [1.29, 1.82) is 0 Å². The third-order valence-electron chi connectivity index (χ3n) is 6.71. The van der Waals surface area contributed by atoms with Gasteiger partial charge >= 0.3 is 0 Å². The monoisotopic (exact) mass is 501 g/mol. The van der Waals surface area contributed by atoms with Gasteiger partial charge in [-0.15, -0.1) is 0 Å². The first kappa shape index (κ1) is 26.1. The fraction of sp³-hybridized carbons (Fsp3) is 0.379. The van der Waals surface area contributed by atoms with Gasteiger partial charge in [0.05, 0.1) is 6.04 Å². The molecule has 1 aliphatic rings. The number of nitrogens with one attached hydrogen (secondary N) is 1. The second-order valence-electron chi connectivity index (χ2n) is 9.54. The molecule has 0 fully saturated rings. The summed E-state index contributed by atoms with van der Waals surface area (Å²) in [6, 6.07) is 19.4. The quantitative estimate of drug-likeness (QED) is 0.481. The van der Waals surface area contributed by atoms with Crippen LogP contribution < -0.4 is 5.32 Å². The fourth-order valence-electron chi connectivity index (χ4n) is 4.66. The Balaban J connectivity index is 1.39. The average Bonchev–Trinajstić information content (AvgIpc) is 3.26. The van der Waals surface area contributed by atoms with Crippen LogP contribution in [0.3, 0.4) is 0 Å². The Morgan fingerprint density at radius 3 is 2.59 bits per heavy atom. The van der Waals surface area contributed by atoms with E-state index in [1.54, 1.807) is 15.6 Å². The first-order chi connectivity index (χ1) is 17.9. The van der Waals surface area contributed by atoms with Crippen molar-refractivity contribution in [1.82, 2.24) is 24.9 Å². The van der Waals surface area contributed by atoms with Crippen molar-refractivity contribution in [3.8, 4) is 0 Å². The van der Waals surface area contributed by atoms with Gasteiger partial charge in [-0.2, -0.15) is 5.10 Å². The Hall–Kier alpha value is -3.94. The second kappa shape index (κ2) is 11.9. The van der Waals surface area contributed by atoms with Gasteiger partial charge < -0.3 is 15.1 Å². The summed E-state index contributed by atoms with van der Waals surface area (Å²) in [6.07, 6.45) is 0.949. The molecule has 0 aliphatic carbocycles. The maximum Gasteiger partial charge on any atom is 0.274 e. The summed E-state index contributed by atoms with van der Waals surface area (Å²) >= 11 is 0. The standard InChI is InChI=1S/C29H35N5O3/c1-4-32(17-14-27(35)30-22(3)24-12-6-5-7-13-24)28(36)25-19-26-29(37)33(15-9-16-34(26)31-25)20-23-11-8-10-21(2)18-23/h5-8,10-13,18-19,22H,4,9,14-17,20H2,1-3H3,(H,30,35)/t22-/m1/s1. The molecule has 3 amide bonds. The third-order valence-corrected chi connectivity index (χ3v) is 6.71. The molecule has 1 N–H and O–H groups in total. The zero-order valence-corrected chi connectivity index (χ0v) is 21.8. The van der Waals surface area contributed by atoms with Crippen molar-refractivity contribution in [2.75, 3.05) is 19.6 Å². The van der Waals surface area contributed by atoms with Crippen LogP contribution in [0.2, 0.25) is 0 Å². The van der Waals surface area contributed by atoms with E-state index in [4.69, 9.17) is 0 Å². The molecular weight excluding hydrogens is 466 g/mol. The number of fused-ring (bicyclic) bond motifs is 1. The number of carbonyl (C=O) groups is 3. The van der Waals surface area contributed by atoms with Crippen molar-refractivity contribution >= 4 is 17.7 Å². The minimum Gasteiger partial charge on any atom is -0.350 e. The summed E-state index contributed by atoms with van der Waals surface area (Å²) in [5.74, 6) is -0.516. The van der Waals surface area contributed by atoms with Crippen molar-refractivity contribution in [3.63, 3.8) is 0 Å². The normalized spacial score (nSPS) is 14.0. The Bertz CT molecular complexity index is 1250. The zero-order chi connectivity index (χ0) is 26.4. The van der Waals surface area contributed by atoms with Gasteiger partial charge in [-0.1, -0.05) is 60.2 Å². The smallest absolute Gasteiger partial charge is 0.274 e. The number of nitrogens with zero attached hydrogens (tertiary/aromatic N) is 4. The van der Waals surface area contributed by atoms with Gasteiger partial charge in [0.1, 0.15) is 5.69 Å². The highest BCUT2D eigenvalue weighted by molar-refractivity contribution is 5.98. The van der Waals surface area contributed by atoms with Crippen molar-refractivity contribution in [2.45, 2.75) is 52.7 Å². The van der Waals surface area contributed by atoms with Gasteiger partial charge in [0, 0.05) is 45.2 Å². The molecule has 0 radical (unpaired) electrons. The molecule has 0 saturated carbocycles. The molecule has 1 aliphatic heterocycles. The van der Waals surface area contributed by atoms with Crippen molar-refractivity contribution in [3.05, 3.63) is 88.7 Å². The Kier molecular flexibility index (Phi) is 8.38. The van der Waals surface area contributed by atoms with E-state index in [2.05, 4.69) is 16.5 Å². The number of hydrogen-bond acceptors (Lipinski definition) is 4. The summed E-state index contributed by atoms with van der Waals surface area (Å²) in [5.41, 5.74) is 3.93. The molecule has 0 saturated heterocycles. The van der Waals surface area contributed by atoms with Crippen LogP contribution in [0.4, 0.5) is 0 Å². The number of amides is 3. The molecule has 4 rings (SSSR count). The van der Waals surface area contributed by atoms with Gasteiger partial charge in [-0.05, 0) is 38.3 Å². The van der Waals surface area contributed by atoms with Crippen LogP contribution in [0.25, 0.3) is 0 Å². The summed E-state index contributed by atoms with van der Waals surface area (Å²) in [6.45, 7) is 8.29. The Morgan fingerprint density at radius 2 is 1.86 bits per heavy atom. The number of benzene rings is 2. The van der Waals surface area contributed by atoms with Crippen molar-refractivity contribution in [2.24, 2.45) is 0 Å². The summed E-state index contributed by atoms with van der Waals surface area (Å²) in [7, 11) is 0. The van der Waals surface area contributed by atoms with E-state index < -0.39 is 0 Å². The minimum atomic E-state index is -0.273. The second-order valence-corrected chi connectivity index (χ2v) is 9.54. The molecular formula is C29H35N5O3. The van der Waals surface area contributed by atoms with E-state index in [1.807, 2.05) is 74.2 Å².